The summed E-state index contributed by atoms with van der Waals surface area (Å²) < 4.78 is 62.3. The lowest BCUT2D eigenvalue weighted by atomic mass is 9.85. The molecule has 1 aliphatic rings. The van der Waals surface area contributed by atoms with Crippen LogP contribution >= 0.6 is 0 Å². The second kappa shape index (κ2) is 8.61. The van der Waals surface area contributed by atoms with Gasteiger partial charge in [-0.15, -0.1) is 0 Å². The van der Waals surface area contributed by atoms with Crippen LogP contribution in [0.5, 0.6) is 5.75 Å². The van der Waals surface area contributed by atoms with E-state index in [9.17, 15) is 22.4 Å². The van der Waals surface area contributed by atoms with Gasteiger partial charge in [0.25, 0.3) is 5.91 Å². The molecule has 3 rings (SSSR count). The van der Waals surface area contributed by atoms with Crippen molar-refractivity contribution in [2.45, 2.75) is 27.7 Å². The first kappa shape index (κ1) is 23.2. The quantitative estimate of drug-likeness (QED) is 0.331. The van der Waals surface area contributed by atoms with E-state index in [1.54, 1.807) is 64.3 Å². The van der Waals surface area contributed by atoms with Crippen molar-refractivity contribution in [2.24, 2.45) is 10.5 Å². The van der Waals surface area contributed by atoms with Crippen molar-refractivity contribution in [3.05, 3.63) is 76.4 Å². The summed E-state index contributed by atoms with van der Waals surface area (Å²) in [6, 6.07) is 7.14. The number of hydrogen-bond donors (Lipinski definition) is 0. The van der Waals surface area contributed by atoms with Gasteiger partial charge in [-0.25, -0.2) is 17.6 Å². The molecule has 4 nitrogen and oxygen atoms in total. The third-order valence-corrected chi connectivity index (χ3v) is 4.93. The average Bonchev–Trinajstić information content (AvgIpc) is 3.08. The van der Waals surface area contributed by atoms with E-state index in [-0.39, 0.29) is 11.3 Å². The molecule has 168 valence electrons. The van der Waals surface area contributed by atoms with Crippen LogP contribution in [0.2, 0.25) is 0 Å². The van der Waals surface area contributed by atoms with Gasteiger partial charge in [-0.05, 0) is 30.7 Å². The Morgan fingerprint density at radius 3 is 2.03 bits per heavy atom. The predicted octanol–water partition coefficient (Wildman–Crippen LogP) is 5.95. The molecule has 0 saturated carbocycles. The molecule has 0 unspecified atom stereocenters. The standard InChI is InChI=1S/C24H22F4N2O2/c1-13-17(25)19(27)21(20(28)18(13)26)30-23(31)16(22(29-30)24(2,3)4)8-6-7-14-9-11-15(32-5)12-10-14/h6-12H,1-5H3/b7-6+,16-8+. The normalized spacial score (nSPS) is 15.8. The number of rotatable bonds is 4. The Morgan fingerprint density at radius 2 is 1.53 bits per heavy atom. The summed E-state index contributed by atoms with van der Waals surface area (Å²) in [5, 5.41) is 4.42. The Balaban J connectivity index is 2.05. The molecule has 0 aliphatic carbocycles. The molecule has 2 aromatic carbocycles. The van der Waals surface area contributed by atoms with Crippen LogP contribution in [0.25, 0.3) is 6.08 Å². The van der Waals surface area contributed by atoms with Gasteiger partial charge in [0.15, 0.2) is 23.3 Å². The van der Waals surface area contributed by atoms with Crippen molar-refractivity contribution < 1.29 is 27.1 Å². The Bertz CT molecular complexity index is 1130. The summed E-state index contributed by atoms with van der Waals surface area (Å²) >= 11 is 0. The largest absolute Gasteiger partial charge is 0.497 e. The van der Waals surface area contributed by atoms with E-state index in [4.69, 9.17) is 4.74 Å². The second-order valence-corrected chi connectivity index (χ2v) is 8.26. The molecule has 1 amide bonds. The lowest BCUT2D eigenvalue weighted by Crippen LogP contribution is -2.26. The first-order chi connectivity index (χ1) is 15.0. The third kappa shape index (κ3) is 4.17. The van der Waals surface area contributed by atoms with E-state index in [2.05, 4.69) is 5.10 Å². The molecular weight excluding hydrogens is 424 g/mol. The van der Waals surface area contributed by atoms with Crippen molar-refractivity contribution >= 4 is 23.4 Å². The zero-order valence-electron chi connectivity index (χ0n) is 18.3. The molecule has 1 aliphatic heterocycles. The van der Waals surface area contributed by atoms with Crippen LogP contribution in [0.15, 0.2) is 47.1 Å². The predicted molar refractivity (Wildman–Crippen MR) is 115 cm³/mol. The number of benzene rings is 2. The highest BCUT2D eigenvalue weighted by Crippen LogP contribution is 2.36. The first-order valence-corrected chi connectivity index (χ1v) is 9.76. The van der Waals surface area contributed by atoms with E-state index in [0.29, 0.717) is 10.8 Å². The number of anilines is 1. The van der Waals surface area contributed by atoms with Crippen molar-refractivity contribution in [2.75, 3.05) is 12.1 Å². The molecule has 1 heterocycles. The summed E-state index contributed by atoms with van der Waals surface area (Å²) in [5.41, 5.74) is -1.59. The van der Waals surface area contributed by atoms with Crippen LogP contribution in [-0.2, 0) is 4.79 Å². The van der Waals surface area contributed by atoms with Crippen molar-refractivity contribution in [1.82, 2.24) is 0 Å². The first-order valence-electron chi connectivity index (χ1n) is 9.76. The summed E-state index contributed by atoms with van der Waals surface area (Å²) in [4.78, 5) is 13.0. The fourth-order valence-corrected chi connectivity index (χ4v) is 3.16. The fourth-order valence-electron chi connectivity index (χ4n) is 3.16. The number of methoxy groups -OCH3 is 1. The molecule has 0 fully saturated rings. The molecule has 0 bridgehead atoms. The number of hydrazone groups is 1. The molecule has 0 radical (unpaired) electrons. The Labute approximate surface area is 183 Å². The van der Waals surface area contributed by atoms with Gasteiger partial charge < -0.3 is 4.74 Å². The maximum atomic E-state index is 14.5. The zero-order chi connectivity index (χ0) is 23.8. The highest BCUT2D eigenvalue weighted by atomic mass is 19.2. The number of nitrogens with zero attached hydrogens (tertiary/aromatic N) is 2. The van der Waals surface area contributed by atoms with Gasteiger partial charge in [-0.2, -0.15) is 10.1 Å². The second-order valence-electron chi connectivity index (χ2n) is 8.26. The Hall–Kier alpha value is -3.42. The molecule has 0 aromatic heterocycles. The van der Waals surface area contributed by atoms with Crippen LogP contribution < -0.4 is 9.75 Å². The van der Waals surface area contributed by atoms with Crippen molar-refractivity contribution in [1.29, 1.82) is 0 Å². The lowest BCUT2D eigenvalue weighted by Gasteiger charge is -2.17. The number of halogens is 4. The monoisotopic (exact) mass is 446 g/mol. The van der Waals surface area contributed by atoms with Gasteiger partial charge in [0.2, 0.25) is 0 Å². The minimum Gasteiger partial charge on any atom is -0.497 e. The van der Waals surface area contributed by atoms with E-state index < -0.39 is 45.8 Å². The Morgan fingerprint density at radius 1 is 0.969 bits per heavy atom. The fraction of sp³-hybridized carbons (Fsp3) is 0.250. The molecule has 0 saturated heterocycles. The molecule has 32 heavy (non-hydrogen) atoms. The summed E-state index contributed by atoms with van der Waals surface area (Å²) in [6.07, 6.45) is 4.76. The zero-order valence-corrected chi connectivity index (χ0v) is 18.3. The molecule has 0 atom stereocenters. The van der Waals surface area contributed by atoms with Crippen molar-refractivity contribution in [3.63, 3.8) is 0 Å². The number of hydrogen-bond acceptors (Lipinski definition) is 3. The maximum absolute atomic E-state index is 14.5. The van der Waals surface area contributed by atoms with Gasteiger partial charge in [-0.1, -0.05) is 45.1 Å². The molecule has 0 N–H and O–H groups in total. The van der Waals surface area contributed by atoms with E-state index in [1.807, 2.05) is 0 Å². The highest BCUT2D eigenvalue weighted by Gasteiger charge is 2.40. The third-order valence-electron chi connectivity index (χ3n) is 4.93. The molecular formula is C24H22F4N2O2. The maximum Gasteiger partial charge on any atom is 0.280 e. The minimum absolute atomic E-state index is 0.0578. The van der Waals surface area contributed by atoms with Crippen LogP contribution in [-0.4, -0.2) is 18.7 Å². The van der Waals surface area contributed by atoms with Gasteiger partial charge in [0.1, 0.15) is 11.4 Å². The Kier molecular flexibility index (Phi) is 6.25. The van der Waals surface area contributed by atoms with Crippen LogP contribution in [0.1, 0.15) is 31.9 Å². The van der Waals surface area contributed by atoms with Crippen LogP contribution in [0, 0.1) is 35.6 Å². The molecule has 8 heteroatoms. The van der Waals surface area contributed by atoms with Crippen LogP contribution in [0.4, 0.5) is 23.2 Å². The van der Waals surface area contributed by atoms with E-state index in [0.717, 1.165) is 12.5 Å². The van der Waals surface area contributed by atoms with Crippen LogP contribution in [0.3, 0.4) is 0 Å². The van der Waals surface area contributed by atoms with Gasteiger partial charge >= 0.3 is 0 Å². The molecule has 0 spiro atoms. The van der Waals surface area contributed by atoms with E-state index in [1.165, 1.54) is 6.08 Å². The SMILES string of the molecule is COc1ccc(/C=C/C=C2/C(=O)N(c3c(F)c(F)c(C)c(F)c3F)N=C2C(C)(C)C)cc1. The topological polar surface area (TPSA) is 41.9 Å². The number of carbonyl (C=O) groups excluding carboxylic acids is 1. The lowest BCUT2D eigenvalue weighted by molar-refractivity contribution is -0.114. The smallest absolute Gasteiger partial charge is 0.280 e. The number of ether oxygens (including phenoxy) is 1. The van der Waals surface area contributed by atoms with Gasteiger partial charge in [0.05, 0.1) is 18.4 Å². The minimum atomic E-state index is -1.68. The number of amides is 1. The van der Waals surface area contributed by atoms with Crippen molar-refractivity contribution in [3.8, 4) is 5.75 Å². The van der Waals surface area contributed by atoms with Gasteiger partial charge in [-0.3, -0.25) is 4.79 Å². The van der Waals surface area contributed by atoms with Gasteiger partial charge in [0, 0.05) is 11.0 Å². The summed E-state index contributed by atoms with van der Waals surface area (Å²) in [7, 11) is 1.55. The number of allylic oxidation sites excluding steroid dienone is 2. The molecule has 2 aromatic rings. The average molecular weight is 446 g/mol. The summed E-state index contributed by atoms with van der Waals surface area (Å²) in [5.74, 6) is -6.71. The number of carbonyl (C=O) groups is 1. The highest BCUT2D eigenvalue weighted by molar-refractivity contribution is 6.31. The summed E-state index contributed by atoms with van der Waals surface area (Å²) in [6.45, 7) is 6.18. The van der Waals surface area contributed by atoms with E-state index >= 15 is 0 Å².